The molecule has 2 aliphatic carbocycles. The number of aromatic hydroxyl groups is 10. The number of rotatable bonds is 14. The van der Waals surface area contributed by atoms with Gasteiger partial charge in [0.2, 0.25) is 0 Å². The standard InChI is InChI=1S/C26H21NO2.C25H29NO2.C24H28N2O2.C19H23NO2.C16H19NO2/c1-16-14-17(10-12-24(16)28)26(18-11-13-25(29)23(27)15-18)21-8-4-2-6-19(21)20-7-3-5-9-22(20)26;1-16-13-19(9-11-22(16)27)24(2,3)17-7-6-8-18(14-17)25(4,5)20-10-12-23(28)21(26)15-20;1-23(2,17-9-11-21(27)19(25)13-17)15-5-7-16(8-6-15)24(3,4)18-10-12-22(28)20(26)14-18;1-13-11-14(5-7-17(13)21)19(9-3-2-4-10-19)15-6-8-18(22)16(20)12-15;1-10-8-11(4-6-14(10)18)16(2,3)12-5-7-15(19)13(17)9-12/h2-15,28-29H,27H2,1H3;6-15,27-28H,26H2,1-5H3;5-14,27-28H,25-26H2,1-4H3;5-8,11-12,21-22H,2-4,9-10,20H2,1H3;4-9,18-19H,17H2,1-3H3. The van der Waals surface area contributed by atoms with Gasteiger partial charge in [-0.25, -0.2) is 0 Å². The van der Waals surface area contributed by atoms with Crippen molar-refractivity contribution < 1.29 is 51.1 Å². The molecule has 16 rings (SSSR count). The van der Waals surface area contributed by atoms with Gasteiger partial charge >= 0.3 is 0 Å². The highest BCUT2D eigenvalue weighted by molar-refractivity contribution is 5.87. The van der Waals surface area contributed by atoms with Crippen LogP contribution >= 0.6 is 0 Å². The molecule has 0 atom stereocenters. The number of anilines is 6. The molecule has 0 spiro atoms. The number of fused-ring (bicyclic) bond motifs is 3. The summed E-state index contributed by atoms with van der Waals surface area (Å²) in [7, 11) is 0. The number of phenols is 10. The van der Waals surface area contributed by atoms with Crippen LogP contribution in [-0.2, 0) is 37.9 Å². The third kappa shape index (κ3) is 18.2. The number of nitrogen functional groups attached to an aromatic ring is 6. The molecule has 1 fully saturated rings. The van der Waals surface area contributed by atoms with Crippen LogP contribution in [0, 0.1) is 27.7 Å². The highest BCUT2D eigenvalue weighted by Crippen LogP contribution is 2.58. The van der Waals surface area contributed by atoms with Gasteiger partial charge in [-0.15, -0.1) is 0 Å². The Hall–Kier alpha value is -14.1. The molecular formula is C110H120N6O10. The smallest absolute Gasteiger partial charge is 0.138 e. The molecule has 2 aliphatic rings. The van der Waals surface area contributed by atoms with Crippen LogP contribution in [0.25, 0.3) is 11.1 Å². The minimum atomic E-state index is -0.590. The third-order valence-corrected chi connectivity index (χ3v) is 26.5. The summed E-state index contributed by atoms with van der Waals surface area (Å²) < 4.78 is 0. The molecule has 14 aromatic carbocycles. The van der Waals surface area contributed by atoms with E-state index in [4.69, 9.17) is 34.4 Å². The second-order valence-electron chi connectivity index (χ2n) is 36.4. The lowest BCUT2D eigenvalue weighted by atomic mass is 9.65. The van der Waals surface area contributed by atoms with Gasteiger partial charge in [-0.05, 0) is 260 Å². The Balaban J connectivity index is 0.000000144. The largest absolute Gasteiger partial charge is 0.508 e. The van der Waals surface area contributed by atoms with Crippen LogP contribution < -0.4 is 34.4 Å². The lowest BCUT2D eigenvalue weighted by Crippen LogP contribution is -2.30. The van der Waals surface area contributed by atoms with Gasteiger partial charge in [0.1, 0.15) is 57.5 Å². The molecule has 650 valence electrons. The van der Waals surface area contributed by atoms with Crippen molar-refractivity contribution in [3.05, 3.63) is 390 Å². The van der Waals surface area contributed by atoms with E-state index in [1.54, 1.807) is 66.7 Å². The Morgan fingerprint density at radius 3 is 0.762 bits per heavy atom. The Kier molecular flexibility index (Phi) is 26.0. The first-order valence-corrected chi connectivity index (χ1v) is 42.6. The molecule has 0 aromatic heterocycles. The Morgan fingerprint density at radius 1 is 0.214 bits per heavy atom. The maximum atomic E-state index is 10.2. The number of aryl methyl sites for hydroxylation is 4. The zero-order chi connectivity index (χ0) is 91.5. The van der Waals surface area contributed by atoms with E-state index < -0.39 is 5.41 Å². The monoisotopic (exact) mass is 1680 g/mol. The van der Waals surface area contributed by atoms with Crippen molar-refractivity contribution >= 4 is 34.1 Å². The summed E-state index contributed by atoms with van der Waals surface area (Å²) in [6.45, 7) is 29.1. The minimum absolute atomic E-state index is 0.0709. The highest BCUT2D eigenvalue weighted by atomic mass is 16.3. The van der Waals surface area contributed by atoms with E-state index >= 15 is 0 Å². The van der Waals surface area contributed by atoms with Crippen molar-refractivity contribution in [3.8, 4) is 68.6 Å². The van der Waals surface area contributed by atoms with Crippen molar-refractivity contribution in [2.45, 2.75) is 167 Å². The van der Waals surface area contributed by atoms with E-state index in [9.17, 15) is 51.1 Å². The van der Waals surface area contributed by atoms with Gasteiger partial charge in [0.15, 0.2) is 0 Å². The predicted molar refractivity (Wildman–Crippen MR) is 515 cm³/mol. The maximum absolute atomic E-state index is 10.2. The number of phenolic OH excluding ortho intramolecular Hbond substituents is 10. The van der Waals surface area contributed by atoms with Crippen molar-refractivity contribution in [2.75, 3.05) is 34.4 Å². The van der Waals surface area contributed by atoms with Crippen molar-refractivity contribution in [3.63, 3.8) is 0 Å². The molecule has 16 heteroatoms. The van der Waals surface area contributed by atoms with E-state index in [-0.39, 0.29) is 72.7 Å². The highest BCUT2D eigenvalue weighted by Gasteiger charge is 2.47. The Labute approximate surface area is 741 Å². The number of hydrogen-bond donors (Lipinski definition) is 16. The molecular weight excluding hydrogens is 1570 g/mol. The van der Waals surface area contributed by atoms with Crippen LogP contribution in [0.15, 0.2) is 279 Å². The SMILES string of the molecule is CC(C)(c1ccc(C(C)(C)c2ccc(O)c(N)c2)cc1)c1ccc(O)c(N)c1.Cc1cc(C(C)(C)c2ccc(O)c(N)c2)ccc1O.Cc1cc(C(C)(C)c2cccc(C(C)(C)c3ccc(O)c(N)c3)c2)ccc1O.Cc1cc(C2(c3ccc(O)c(N)c3)CCCCC2)ccc1O.Cc1cc(C2(c3ccc(O)c(N)c3)c3ccccc3-c3ccccc32)ccc1O. The maximum Gasteiger partial charge on any atom is 0.138 e. The van der Waals surface area contributed by atoms with E-state index in [1.807, 2.05) is 137 Å². The lowest BCUT2D eigenvalue weighted by molar-refractivity contribution is 0.345. The average molecular weight is 1690 g/mol. The normalized spacial score (nSPS) is 13.3. The first-order chi connectivity index (χ1) is 59.4. The van der Waals surface area contributed by atoms with Crippen molar-refractivity contribution in [1.29, 1.82) is 0 Å². The molecule has 22 N–H and O–H groups in total. The van der Waals surface area contributed by atoms with Crippen molar-refractivity contribution in [1.82, 2.24) is 0 Å². The Bertz CT molecular complexity index is 5970. The van der Waals surface area contributed by atoms with Gasteiger partial charge in [0.05, 0.1) is 39.5 Å². The van der Waals surface area contributed by atoms with Crippen LogP contribution in [0.2, 0.25) is 0 Å². The van der Waals surface area contributed by atoms with Gasteiger partial charge in [-0.2, -0.15) is 0 Å². The topological polar surface area (TPSA) is 358 Å². The lowest BCUT2D eigenvalue weighted by Gasteiger charge is -2.39. The average Bonchev–Trinajstić information content (AvgIpc) is 1.53. The van der Waals surface area contributed by atoms with E-state index in [0.29, 0.717) is 51.4 Å². The summed E-state index contributed by atoms with van der Waals surface area (Å²) in [5.74, 6) is 1.84. The number of hydrogen-bond acceptors (Lipinski definition) is 16. The summed E-state index contributed by atoms with van der Waals surface area (Å²) in [5, 5.41) is 97.9. The summed E-state index contributed by atoms with van der Waals surface area (Å²) in [6.07, 6.45) is 5.76. The van der Waals surface area contributed by atoms with Crippen LogP contribution in [0.3, 0.4) is 0 Å². The summed E-state index contributed by atoms with van der Waals surface area (Å²) >= 11 is 0. The summed E-state index contributed by atoms with van der Waals surface area (Å²) in [6, 6.07) is 89.4. The zero-order valence-corrected chi connectivity index (χ0v) is 74.5. The van der Waals surface area contributed by atoms with Crippen LogP contribution in [0.5, 0.6) is 57.5 Å². The number of nitrogens with two attached hydrogens (primary N) is 6. The second kappa shape index (κ2) is 36.0. The van der Waals surface area contributed by atoms with Crippen LogP contribution in [0.4, 0.5) is 34.1 Å². The van der Waals surface area contributed by atoms with Gasteiger partial charge in [-0.3, -0.25) is 0 Å². The van der Waals surface area contributed by atoms with Gasteiger partial charge in [-0.1, -0.05) is 270 Å². The molecule has 1 saturated carbocycles. The van der Waals surface area contributed by atoms with E-state index in [2.05, 4.69) is 172 Å². The molecule has 0 heterocycles. The molecule has 126 heavy (non-hydrogen) atoms. The Morgan fingerprint density at radius 2 is 0.444 bits per heavy atom. The van der Waals surface area contributed by atoms with E-state index in [0.717, 1.165) is 107 Å². The summed E-state index contributed by atoms with van der Waals surface area (Å²) in [5.41, 5.74) is 59.6. The zero-order valence-electron chi connectivity index (χ0n) is 74.5. The fourth-order valence-electron chi connectivity index (χ4n) is 17.7. The molecule has 0 unspecified atom stereocenters. The first kappa shape index (κ1) is 91.1. The second-order valence-corrected chi connectivity index (χ2v) is 36.4. The molecule has 16 nitrogen and oxygen atoms in total. The van der Waals surface area contributed by atoms with E-state index in [1.165, 1.54) is 47.1 Å². The van der Waals surface area contributed by atoms with Crippen LogP contribution in [0.1, 0.15) is 213 Å². The fraction of sp³-hybridized carbons (Fsp3) is 0.236. The molecule has 0 bridgehead atoms. The predicted octanol–water partition coefficient (Wildman–Crippen LogP) is 23.5. The minimum Gasteiger partial charge on any atom is -0.508 e. The summed E-state index contributed by atoms with van der Waals surface area (Å²) in [4.78, 5) is 0. The number of benzene rings is 14. The quantitative estimate of drug-likeness (QED) is 0.0355. The molecule has 14 aromatic rings. The molecule has 0 amide bonds. The first-order valence-electron chi connectivity index (χ1n) is 42.6. The molecule has 0 saturated heterocycles. The third-order valence-electron chi connectivity index (χ3n) is 26.5. The van der Waals surface area contributed by atoms with Crippen LogP contribution in [-0.4, -0.2) is 51.1 Å². The molecule has 0 radical (unpaired) electrons. The fourth-order valence-corrected chi connectivity index (χ4v) is 17.7. The van der Waals surface area contributed by atoms with Gasteiger partial charge < -0.3 is 85.5 Å². The van der Waals surface area contributed by atoms with Gasteiger partial charge in [0, 0.05) is 32.5 Å². The molecule has 0 aliphatic heterocycles. The van der Waals surface area contributed by atoms with Gasteiger partial charge in [0.25, 0.3) is 0 Å². The van der Waals surface area contributed by atoms with Crippen molar-refractivity contribution in [2.24, 2.45) is 0 Å².